The van der Waals surface area contributed by atoms with Crippen LogP contribution in [0.15, 0.2) is 29.6 Å². The van der Waals surface area contributed by atoms with Crippen LogP contribution in [-0.4, -0.2) is 4.98 Å². The van der Waals surface area contributed by atoms with Crippen LogP contribution in [0, 0.1) is 0 Å². The highest BCUT2D eigenvalue weighted by Gasteiger charge is 2.01. The molecule has 0 bridgehead atoms. The number of nitrogens with two attached hydrogens (primary N) is 1. The number of rotatable bonds is 2. The van der Waals surface area contributed by atoms with Crippen LogP contribution in [0.2, 0.25) is 0 Å². The van der Waals surface area contributed by atoms with Crippen molar-refractivity contribution in [3.05, 3.63) is 35.2 Å². The predicted molar refractivity (Wildman–Crippen MR) is 71.7 cm³/mol. The van der Waals surface area contributed by atoms with E-state index in [0.717, 1.165) is 17.7 Å². The third-order valence-corrected chi connectivity index (χ3v) is 2.85. The van der Waals surface area contributed by atoms with Crippen LogP contribution >= 0.6 is 28.3 Å². The Hall–Kier alpha value is -0.870. The maximum absolute atomic E-state index is 5.58. The second kappa shape index (κ2) is 5.28. The highest BCUT2D eigenvalue weighted by Crippen LogP contribution is 2.23. The summed E-state index contributed by atoms with van der Waals surface area (Å²) in [5, 5.41) is 2.61. The number of thiazole rings is 1. The standard InChI is InChI=1S/C11H12N2S.BrH/c1-2-8-3-5-9(6-4-8)10-7-14-11(12)13-10;/h3-7H,2H2,1H3,(H2,12,13);1H. The van der Waals surface area contributed by atoms with Crippen molar-refractivity contribution >= 4 is 33.4 Å². The molecule has 4 heteroatoms. The van der Waals surface area contributed by atoms with Crippen LogP contribution in [0.4, 0.5) is 5.13 Å². The third kappa shape index (κ3) is 2.79. The predicted octanol–water partition coefficient (Wildman–Crippen LogP) is 3.53. The van der Waals surface area contributed by atoms with E-state index in [1.165, 1.54) is 16.9 Å². The largest absolute Gasteiger partial charge is 0.375 e. The van der Waals surface area contributed by atoms with Gasteiger partial charge < -0.3 is 5.73 Å². The molecule has 1 aromatic heterocycles. The van der Waals surface area contributed by atoms with Gasteiger partial charge >= 0.3 is 0 Å². The fourth-order valence-corrected chi connectivity index (χ4v) is 1.90. The molecule has 2 aromatic rings. The van der Waals surface area contributed by atoms with Crippen molar-refractivity contribution in [2.45, 2.75) is 13.3 Å². The average molecular weight is 285 g/mol. The summed E-state index contributed by atoms with van der Waals surface area (Å²) in [6.45, 7) is 2.15. The average Bonchev–Trinajstić information content (AvgIpc) is 2.65. The number of aromatic nitrogens is 1. The summed E-state index contributed by atoms with van der Waals surface area (Å²) in [5.74, 6) is 0. The van der Waals surface area contributed by atoms with Crippen LogP contribution < -0.4 is 5.73 Å². The van der Waals surface area contributed by atoms with Crippen LogP contribution in [0.3, 0.4) is 0 Å². The lowest BCUT2D eigenvalue weighted by molar-refractivity contribution is 1.14. The molecule has 80 valence electrons. The van der Waals surface area contributed by atoms with Crippen LogP contribution in [0.5, 0.6) is 0 Å². The van der Waals surface area contributed by atoms with E-state index in [0.29, 0.717) is 5.13 Å². The lowest BCUT2D eigenvalue weighted by Crippen LogP contribution is -1.84. The van der Waals surface area contributed by atoms with Crippen molar-refractivity contribution in [1.29, 1.82) is 0 Å². The number of halogens is 1. The second-order valence-electron chi connectivity index (χ2n) is 3.12. The topological polar surface area (TPSA) is 38.9 Å². The summed E-state index contributed by atoms with van der Waals surface area (Å²) < 4.78 is 0. The van der Waals surface area contributed by atoms with Crippen LogP contribution in [-0.2, 0) is 6.42 Å². The van der Waals surface area contributed by atoms with Gasteiger partial charge in [-0.15, -0.1) is 28.3 Å². The molecule has 2 rings (SSSR count). The molecule has 0 fully saturated rings. The van der Waals surface area contributed by atoms with Gasteiger partial charge in [0.05, 0.1) is 5.69 Å². The van der Waals surface area contributed by atoms with Gasteiger partial charge in [-0.3, -0.25) is 0 Å². The Morgan fingerprint density at radius 3 is 2.40 bits per heavy atom. The molecule has 1 heterocycles. The summed E-state index contributed by atoms with van der Waals surface area (Å²) in [5.41, 5.74) is 9.03. The fourth-order valence-electron chi connectivity index (χ4n) is 1.33. The molecule has 0 saturated heterocycles. The van der Waals surface area contributed by atoms with Crippen molar-refractivity contribution < 1.29 is 0 Å². The summed E-state index contributed by atoms with van der Waals surface area (Å²) in [7, 11) is 0. The number of hydrogen-bond donors (Lipinski definition) is 1. The number of nitrogens with zero attached hydrogens (tertiary/aromatic N) is 1. The minimum atomic E-state index is 0. The Morgan fingerprint density at radius 2 is 1.93 bits per heavy atom. The van der Waals surface area contributed by atoms with E-state index in [2.05, 4.69) is 36.2 Å². The van der Waals surface area contributed by atoms with Gasteiger partial charge in [-0.25, -0.2) is 4.98 Å². The first-order valence-electron chi connectivity index (χ1n) is 4.60. The Balaban J connectivity index is 0.00000112. The molecule has 0 atom stereocenters. The summed E-state index contributed by atoms with van der Waals surface area (Å²) in [6.07, 6.45) is 1.07. The van der Waals surface area contributed by atoms with Crippen molar-refractivity contribution in [2.75, 3.05) is 5.73 Å². The van der Waals surface area contributed by atoms with Crippen molar-refractivity contribution in [3.8, 4) is 11.3 Å². The van der Waals surface area contributed by atoms with E-state index < -0.39 is 0 Å². The zero-order valence-electron chi connectivity index (χ0n) is 8.43. The fraction of sp³-hybridized carbons (Fsp3) is 0.182. The van der Waals surface area contributed by atoms with Crippen LogP contribution in [0.25, 0.3) is 11.3 Å². The lowest BCUT2D eigenvalue weighted by atomic mass is 10.1. The first kappa shape index (κ1) is 12.2. The number of hydrogen-bond acceptors (Lipinski definition) is 3. The summed E-state index contributed by atoms with van der Waals surface area (Å²) in [4.78, 5) is 4.23. The van der Waals surface area contributed by atoms with E-state index in [-0.39, 0.29) is 17.0 Å². The van der Waals surface area contributed by atoms with Gasteiger partial charge in [0.25, 0.3) is 0 Å². The van der Waals surface area contributed by atoms with Crippen molar-refractivity contribution in [3.63, 3.8) is 0 Å². The van der Waals surface area contributed by atoms with E-state index in [9.17, 15) is 0 Å². The smallest absolute Gasteiger partial charge is 0.180 e. The monoisotopic (exact) mass is 284 g/mol. The van der Waals surface area contributed by atoms with Gasteiger partial charge in [0.2, 0.25) is 0 Å². The minimum Gasteiger partial charge on any atom is -0.375 e. The van der Waals surface area contributed by atoms with E-state index in [4.69, 9.17) is 5.73 Å². The second-order valence-corrected chi connectivity index (χ2v) is 4.01. The molecule has 0 amide bonds. The molecular formula is C11H13BrN2S. The molecule has 0 unspecified atom stereocenters. The Kier molecular flexibility index (Phi) is 4.29. The highest BCUT2D eigenvalue weighted by atomic mass is 79.9. The SMILES string of the molecule is Br.CCc1ccc(-c2csc(N)n2)cc1. The number of nitrogen functional groups attached to an aromatic ring is 1. The summed E-state index contributed by atoms with van der Waals surface area (Å²) in [6, 6.07) is 8.44. The molecule has 0 aliphatic heterocycles. The molecule has 0 aliphatic carbocycles. The first-order valence-corrected chi connectivity index (χ1v) is 5.48. The van der Waals surface area contributed by atoms with Gasteiger partial charge in [0, 0.05) is 10.9 Å². The Bertz CT molecular complexity index is 422. The van der Waals surface area contributed by atoms with E-state index in [1.807, 2.05) is 5.38 Å². The Morgan fingerprint density at radius 1 is 1.27 bits per heavy atom. The first-order chi connectivity index (χ1) is 6.79. The molecule has 0 radical (unpaired) electrons. The molecule has 0 saturated carbocycles. The van der Waals surface area contributed by atoms with E-state index in [1.54, 1.807) is 0 Å². The normalized spacial score (nSPS) is 9.67. The van der Waals surface area contributed by atoms with Crippen LogP contribution in [0.1, 0.15) is 12.5 Å². The van der Waals surface area contributed by atoms with Gasteiger partial charge in [-0.2, -0.15) is 0 Å². The molecule has 0 spiro atoms. The number of anilines is 1. The zero-order valence-corrected chi connectivity index (χ0v) is 11.0. The van der Waals surface area contributed by atoms with Gasteiger partial charge in [0.1, 0.15) is 0 Å². The maximum atomic E-state index is 5.58. The maximum Gasteiger partial charge on any atom is 0.180 e. The van der Waals surface area contributed by atoms with Gasteiger partial charge in [-0.05, 0) is 12.0 Å². The third-order valence-electron chi connectivity index (χ3n) is 2.18. The molecule has 2 nitrogen and oxygen atoms in total. The van der Waals surface area contributed by atoms with Crippen molar-refractivity contribution in [2.24, 2.45) is 0 Å². The lowest BCUT2D eigenvalue weighted by Gasteiger charge is -1.98. The summed E-state index contributed by atoms with van der Waals surface area (Å²) >= 11 is 1.48. The molecule has 15 heavy (non-hydrogen) atoms. The highest BCUT2D eigenvalue weighted by molar-refractivity contribution is 8.93. The zero-order chi connectivity index (χ0) is 9.97. The molecule has 0 aliphatic rings. The van der Waals surface area contributed by atoms with Gasteiger partial charge in [0.15, 0.2) is 5.13 Å². The quantitative estimate of drug-likeness (QED) is 0.916. The van der Waals surface area contributed by atoms with E-state index >= 15 is 0 Å². The molecule has 1 aromatic carbocycles. The van der Waals surface area contributed by atoms with Gasteiger partial charge in [-0.1, -0.05) is 31.2 Å². The minimum absolute atomic E-state index is 0. The van der Waals surface area contributed by atoms with Crippen molar-refractivity contribution in [1.82, 2.24) is 4.98 Å². The molecular weight excluding hydrogens is 272 g/mol. The molecule has 2 N–H and O–H groups in total. The number of aryl methyl sites for hydroxylation is 1. The Labute approximate surface area is 104 Å². The number of benzene rings is 1.